The van der Waals surface area contributed by atoms with Gasteiger partial charge in [0.2, 0.25) is 17.7 Å². The van der Waals surface area contributed by atoms with Crippen LogP contribution in [0.25, 0.3) is 0 Å². The Bertz CT molecular complexity index is 541. The van der Waals surface area contributed by atoms with Gasteiger partial charge in [-0.2, -0.15) is 12.6 Å². The molecule has 0 saturated heterocycles. The van der Waals surface area contributed by atoms with Crippen molar-refractivity contribution in [3.05, 3.63) is 0 Å². The predicted molar refractivity (Wildman–Crippen MR) is 102 cm³/mol. The second-order valence-corrected chi connectivity index (χ2v) is 7.15. The highest BCUT2D eigenvalue weighted by atomic mass is 32.1. The average molecular weight is 407 g/mol. The van der Waals surface area contributed by atoms with Crippen LogP contribution in [0.3, 0.4) is 0 Å². The number of carboxylic acid groups (broad SMARTS) is 1. The molecule has 10 nitrogen and oxygen atoms in total. The van der Waals surface area contributed by atoms with Crippen LogP contribution in [-0.4, -0.2) is 69.9 Å². The van der Waals surface area contributed by atoms with E-state index >= 15 is 0 Å². The van der Waals surface area contributed by atoms with Crippen molar-refractivity contribution in [2.24, 2.45) is 11.7 Å². The first-order chi connectivity index (χ1) is 12.4. The van der Waals surface area contributed by atoms with Crippen LogP contribution >= 0.6 is 12.6 Å². The van der Waals surface area contributed by atoms with Crippen molar-refractivity contribution < 1.29 is 29.4 Å². The first-order valence-corrected chi connectivity index (χ1v) is 9.22. The lowest BCUT2D eigenvalue weighted by molar-refractivity contribution is -0.145. The standard InChI is InChI=1S/C16H30N4O6S/c1-7(2)5-10(18-13(22)8(3)17)14(23)19-11(6-27)15(24)20-12(9(4)21)16(25)26/h7-12,21,27H,5-6,17H2,1-4H3,(H,18,22)(H,19,23)(H,20,24)(H,25,26). The Hall–Kier alpha value is -1.85. The number of carbonyl (C=O) groups excluding carboxylic acids is 3. The third-order valence-corrected chi connectivity index (χ3v) is 3.98. The Morgan fingerprint density at radius 1 is 0.926 bits per heavy atom. The molecule has 0 aliphatic heterocycles. The number of hydrogen-bond acceptors (Lipinski definition) is 7. The second kappa shape index (κ2) is 11.8. The van der Waals surface area contributed by atoms with Gasteiger partial charge < -0.3 is 31.9 Å². The molecule has 0 aromatic carbocycles. The van der Waals surface area contributed by atoms with Crippen molar-refractivity contribution >= 4 is 36.3 Å². The minimum absolute atomic E-state index is 0.0732. The SMILES string of the molecule is CC(C)CC(NC(=O)C(C)N)C(=O)NC(CS)C(=O)NC(C(=O)O)C(C)O. The molecule has 5 atom stereocenters. The number of aliphatic hydroxyl groups excluding tert-OH is 1. The van der Waals surface area contributed by atoms with Gasteiger partial charge in [0.15, 0.2) is 6.04 Å². The molecule has 0 radical (unpaired) electrons. The summed E-state index contributed by atoms with van der Waals surface area (Å²) in [5.74, 6) is -3.39. The molecule has 7 N–H and O–H groups in total. The molecule has 0 heterocycles. The molecular weight excluding hydrogens is 376 g/mol. The molecule has 0 saturated carbocycles. The number of amides is 3. The van der Waals surface area contributed by atoms with Gasteiger partial charge in [0.05, 0.1) is 12.1 Å². The molecule has 0 bridgehead atoms. The first-order valence-electron chi connectivity index (χ1n) is 8.59. The van der Waals surface area contributed by atoms with Crippen molar-refractivity contribution in [2.45, 2.75) is 64.4 Å². The van der Waals surface area contributed by atoms with Crippen molar-refractivity contribution in [1.29, 1.82) is 0 Å². The minimum atomic E-state index is -1.53. The summed E-state index contributed by atoms with van der Waals surface area (Å²) in [5.41, 5.74) is 5.50. The van der Waals surface area contributed by atoms with Gasteiger partial charge in [0.25, 0.3) is 0 Å². The monoisotopic (exact) mass is 406 g/mol. The summed E-state index contributed by atoms with van der Waals surface area (Å²) in [6.45, 7) is 6.42. The van der Waals surface area contributed by atoms with Gasteiger partial charge in [0, 0.05) is 5.75 Å². The van der Waals surface area contributed by atoms with E-state index in [1.54, 1.807) is 0 Å². The van der Waals surface area contributed by atoms with E-state index in [4.69, 9.17) is 10.8 Å². The third kappa shape index (κ3) is 9.07. The average Bonchev–Trinajstić information content (AvgIpc) is 2.54. The molecular formula is C16H30N4O6S. The van der Waals surface area contributed by atoms with Crippen LogP contribution in [0.4, 0.5) is 0 Å². The summed E-state index contributed by atoms with van der Waals surface area (Å²) in [5, 5.41) is 25.6. The number of carbonyl (C=O) groups is 4. The Kier molecular flexibility index (Phi) is 11.0. The van der Waals surface area contributed by atoms with E-state index in [-0.39, 0.29) is 11.7 Å². The lowest BCUT2D eigenvalue weighted by Gasteiger charge is -2.25. The summed E-state index contributed by atoms with van der Waals surface area (Å²) >= 11 is 4.00. The second-order valence-electron chi connectivity index (χ2n) is 6.79. The summed E-state index contributed by atoms with van der Waals surface area (Å²) < 4.78 is 0. The lowest BCUT2D eigenvalue weighted by atomic mass is 10.0. The van der Waals surface area contributed by atoms with Gasteiger partial charge >= 0.3 is 5.97 Å². The zero-order valence-corrected chi connectivity index (χ0v) is 16.8. The van der Waals surface area contributed by atoms with Crippen LogP contribution in [0.1, 0.15) is 34.1 Å². The smallest absolute Gasteiger partial charge is 0.328 e. The highest BCUT2D eigenvalue weighted by Crippen LogP contribution is 2.06. The minimum Gasteiger partial charge on any atom is -0.480 e. The molecule has 0 aromatic rings. The maximum absolute atomic E-state index is 12.5. The molecule has 5 unspecified atom stereocenters. The quantitative estimate of drug-likeness (QED) is 0.199. The van der Waals surface area contributed by atoms with Crippen molar-refractivity contribution in [3.63, 3.8) is 0 Å². The van der Waals surface area contributed by atoms with Gasteiger partial charge in [0.1, 0.15) is 12.1 Å². The first kappa shape index (κ1) is 25.1. The summed E-state index contributed by atoms with van der Waals surface area (Å²) in [4.78, 5) is 47.7. The Morgan fingerprint density at radius 2 is 1.41 bits per heavy atom. The van der Waals surface area contributed by atoms with E-state index in [1.807, 2.05) is 13.8 Å². The number of aliphatic carboxylic acids is 1. The van der Waals surface area contributed by atoms with Gasteiger partial charge in [-0.15, -0.1) is 0 Å². The molecule has 11 heteroatoms. The van der Waals surface area contributed by atoms with Gasteiger partial charge in [-0.25, -0.2) is 4.79 Å². The van der Waals surface area contributed by atoms with Crippen LogP contribution < -0.4 is 21.7 Å². The summed E-state index contributed by atoms with van der Waals surface area (Å²) in [6.07, 6.45) is -1.02. The van der Waals surface area contributed by atoms with E-state index in [1.165, 1.54) is 13.8 Å². The van der Waals surface area contributed by atoms with Gasteiger partial charge in [-0.05, 0) is 26.2 Å². The number of rotatable bonds is 11. The molecule has 0 spiro atoms. The van der Waals surface area contributed by atoms with Gasteiger partial charge in [-0.1, -0.05) is 13.8 Å². The van der Waals surface area contributed by atoms with E-state index in [0.717, 1.165) is 0 Å². The molecule has 0 aliphatic rings. The van der Waals surface area contributed by atoms with Crippen LogP contribution in [0, 0.1) is 5.92 Å². The number of aliphatic hydroxyl groups is 1. The van der Waals surface area contributed by atoms with E-state index < -0.39 is 54.0 Å². The topological polar surface area (TPSA) is 171 Å². The lowest BCUT2D eigenvalue weighted by Crippen LogP contribution is -2.58. The number of carboxylic acids is 1. The zero-order valence-electron chi connectivity index (χ0n) is 15.9. The third-order valence-electron chi connectivity index (χ3n) is 3.62. The maximum Gasteiger partial charge on any atom is 0.328 e. The van der Waals surface area contributed by atoms with Gasteiger partial charge in [-0.3, -0.25) is 14.4 Å². The molecule has 0 aromatic heterocycles. The largest absolute Gasteiger partial charge is 0.480 e. The Balaban J connectivity index is 5.15. The number of hydrogen-bond donors (Lipinski definition) is 7. The molecule has 0 aliphatic carbocycles. The van der Waals surface area contributed by atoms with Crippen molar-refractivity contribution in [1.82, 2.24) is 16.0 Å². The molecule has 3 amide bonds. The van der Waals surface area contributed by atoms with Crippen LogP contribution in [0.15, 0.2) is 0 Å². The molecule has 27 heavy (non-hydrogen) atoms. The summed E-state index contributed by atoms with van der Waals surface area (Å²) in [6, 6.07) is -4.39. The van der Waals surface area contributed by atoms with Crippen LogP contribution in [0.2, 0.25) is 0 Å². The zero-order chi connectivity index (χ0) is 21.3. The Morgan fingerprint density at radius 3 is 1.78 bits per heavy atom. The normalized spacial score (nSPS) is 16.6. The van der Waals surface area contributed by atoms with Crippen LogP contribution in [-0.2, 0) is 19.2 Å². The molecule has 0 fully saturated rings. The number of nitrogens with two attached hydrogens (primary N) is 1. The van der Waals surface area contributed by atoms with Crippen molar-refractivity contribution in [3.8, 4) is 0 Å². The molecule has 0 rings (SSSR count). The summed E-state index contributed by atoms with van der Waals surface area (Å²) in [7, 11) is 0. The van der Waals surface area contributed by atoms with Crippen LogP contribution in [0.5, 0.6) is 0 Å². The fourth-order valence-electron chi connectivity index (χ4n) is 2.12. The molecule has 156 valence electrons. The van der Waals surface area contributed by atoms with E-state index in [9.17, 15) is 24.3 Å². The highest BCUT2D eigenvalue weighted by Gasteiger charge is 2.31. The maximum atomic E-state index is 12.5. The Labute approximate surface area is 164 Å². The predicted octanol–water partition coefficient (Wildman–Crippen LogP) is -1.77. The number of nitrogens with one attached hydrogen (secondary N) is 3. The fraction of sp³-hybridized carbons (Fsp3) is 0.750. The van der Waals surface area contributed by atoms with E-state index in [2.05, 4.69) is 28.6 Å². The fourth-order valence-corrected chi connectivity index (χ4v) is 2.37. The van der Waals surface area contributed by atoms with E-state index in [0.29, 0.717) is 6.42 Å². The highest BCUT2D eigenvalue weighted by molar-refractivity contribution is 7.80. The van der Waals surface area contributed by atoms with Crippen molar-refractivity contribution in [2.75, 3.05) is 5.75 Å². The number of thiol groups is 1.